The van der Waals surface area contributed by atoms with Crippen LogP contribution in [-0.4, -0.2) is 26.5 Å². The van der Waals surface area contributed by atoms with Gasteiger partial charge in [-0.1, -0.05) is 19.4 Å². The fraction of sp³-hybridized carbons (Fsp3) is 0.333. The zero-order valence-corrected chi connectivity index (χ0v) is 15.2. The second kappa shape index (κ2) is 7.33. The number of hydrogen-bond acceptors (Lipinski definition) is 5. The highest BCUT2D eigenvalue weighted by Crippen LogP contribution is 2.35. The van der Waals surface area contributed by atoms with E-state index in [4.69, 9.17) is 4.74 Å². The molecule has 0 fully saturated rings. The molecular formula is C18H20N2O5S. The Hall–Kier alpha value is -2.61. The molecule has 1 aliphatic heterocycles. The lowest BCUT2D eigenvalue weighted by Crippen LogP contribution is -2.29. The molecule has 2 aromatic rings. The van der Waals surface area contributed by atoms with Crippen molar-refractivity contribution in [2.24, 2.45) is 0 Å². The normalized spacial score (nSPS) is 13.5. The van der Waals surface area contributed by atoms with Gasteiger partial charge in [-0.2, -0.15) is 0 Å². The highest BCUT2D eigenvalue weighted by Gasteiger charge is 2.32. The van der Waals surface area contributed by atoms with Crippen LogP contribution in [0.15, 0.2) is 47.4 Å². The number of rotatable bonds is 7. The van der Waals surface area contributed by atoms with Crippen molar-refractivity contribution in [2.75, 3.05) is 17.5 Å². The van der Waals surface area contributed by atoms with Crippen LogP contribution in [0.4, 0.5) is 11.4 Å². The van der Waals surface area contributed by atoms with E-state index in [9.17, 15) is 18.5 Å². The van der Waals surface area contributed by atoms with E-state index >= 15 is 0 Å². The first kappa shape index (κ1) is 18.2. The predicted molar refractivity (Wildman–Crippen MR) is 98.2 cm³/mol. The summed E-state index contributed by atoms with van der Waals surface area (Å²) in [7, 11) is -3.78. The topological polar surface area (TPSA) is 89.8 Å². The summed E-state index contributed by atoms with van der Waals surface area (Å²) in [5.74, 6) is 0.620. The quantitative estimate of drug-likeness (QED) is 0.419. The number of non-ortho nitro benzene ring substituents is 1. The third-order valence-corrected chi connectivity index (χ3v) is 6.14. The van der Waals surface area contributed by atoms with Gasteiger partial charge in [0, 0.05) is 18.7 Å². The number of hydrogen-bond donors (Lipinski definition) is 0. The third-order valence-electron chi connectivity index (χ3n) is 4.31. The molecule has 138 valence electrons. The van der Waals surface area contributed by atoms with Gasteiger partial charge in [0.25, 0.3) is 15.7 Å². The van der Waals surface area contributed by atoms with Crippen molar-refractivity contribution < 1.29 is 18.1 Å². The van der Waals surface area contributed by atoms with Crippen LogP contribution in [0.2, 0.25) is 0 Å². The van der Waals surface area contributed by atoms with Crippen LogP contribution in [-0.2, 0) is 16.4 Å². The largest absolute Gasteiger partial charge is 0.494 e. The van der Waals surface area contributed by atoms with Gasteiger partial charge in [-0.25, -0.2) is 8.42 Å². The highest BCUT2D eigenvalue weighted by atomic mass is 32.2. The van der Waals surface area contributed by atoms with Gasteiger partial charge in [0.2, 0.25) is 0 Å². The summed E-state index contributed by atoms with van der Waals surface area (Å²) < 4.78 is 32.7. The average molecular weight is 376 g/mol. The highest BCUT2D eigenvalue weighted by molar-refractivity contribution is 7.92. The summed E-state index contributed by atoms with van der Waals surface area (Å²) in [6.45, 7) is 2.93. The number of fused-ring (bicyclic) bond motifs is 1. The molecule has 7 nitrogen and oxygen atoms in total. The second-order valence-electron chi connectivity index (χ2n) is 6.07. The van der Waals surface area contributed by atoms with Crippen LogP contribution in [0, 0.1) is 10.1 Å². The molecular weight excluding hydrogens is 356 g/mol. The first-order valence-electron chi connectivity index (χ1n) is 8.46. The lowest BCUT2D eigenvalue weighted by Gasteiger charge is -2.19. The minimum absolute atomic E-state index is 0.120. The number of ether oxygens (including phenoxy) is 1. The molecule has 2 aromatic carbocycles. The lowest BCUT2D eigenvalue weighted by molar-refractivity contribution is -0.384. The van der Waals surface area contributed by atoms with E-state index in [0.29, 0.717) is 24.5 Å². The maximum Gasteiger partial charge on any atom is 0.271 e. The Morgan fingerprint density at radius 2 is 1.92 bits per heavy atom. The molecule has 0 unspecified atom stereocenters. The summed E-state index contributed by atoms with van der Waals surface area (Å²) in [6.07, 6.45) is 2.49. The van der Waals surface area contributed by atoms with Crippen LogP contribution >= 0.6 is 0 Å². The maximum atomic E-state index is 13.0. The minimum atomic E-state index is -3.78. The van der Waals surface area contributed by atoms with Crippen LogP contribution < -0.4 is 9.04 Å². The number of nitrogens with zero attached hydrogens (tertiary/aromatic N) is 2. The Labute approximate surface area is 152 Å². The van der Waals surface area contributed by atoms with Crippen LogP contribution in [0.25, 0.3) is 0 Å². The van der Waals surface area contributed by atoms with Gasteiger partial charge in [-0.3, -0.25) is 14.4 Å². The van der Waals surface area contributed by atoms with Crippen molar-refractivity contribution in [2.45, 2.75) is 31.1 Å². The molecule has 0 amide bonds. The number of sulfonamides is 1. The van der Waals surface area contributed by atoms with Gasteiger partial charge in [-0.05, 0) is 42.7 Å². The van der Waals surface area contributed by atoms with Crippen molar-refractivity contribution in [1.29, 1.82) is 0 Å². The molecule has 0 radical (unpaired) electrons. The SMILES string of the molecule is CCCCOc1ccc(S(=O)(=O)N2CCc3ccc([N+](=O)[O-])cc32)cc1. The molecule has 0 aliphatic carbocycles. The standard InChI is InChI=1S/C18H20N2O5S/c1-2-3-12-25-16-6-8-17(9-7-16)26(23,24)19-11-10-14-4-5-15(20(21)22)13-18(14)19/h4-9,13H,2-3,10-12H2,1H3. The fourth-order valence-electron chi connectivity index (χ4n) is 2.87. The lowest BCUT2D eigenvalue weighted by atomic mass is 10.1. The zero-order chi connectivity index (χ0) is 18.7. The van der Waals surface area contributed by atoms with Gasteiger partial charge < -0.3 is 4.74 Å². The van der Waals surface area contributed by atoms with Crippen molar-refractivity contribution >= 4 is 21.4 Å². The summed E-state index contributed by atoms with van der Waals surface area (Å²) in [4.78, 5) is 10.6. The zero-order valence-electron chi connectivity index (χ0n) is 14.4. The van der Waals surface area contributed by atoms with E-state index in [-0.39, 0.29) is 17.1 Å². The molecule has 3 rings (SSSR count). The fourth-order valence-corrected chi connectivity index (χ4v) is 4.37. The molecule has 1 aliphatic rings. The van der Waals surface area contributed by atoms with Gasteiger partial charge in [-0.15, -0.1) is 0 Å². The number of unbranched alkanes of at least 4 members (excludes halogenated alkanes) is 1. The summed E-state index contributed by atoms with van der Waals surface area (Å²) in [6, 6.07) is 10.6. The minimum Gasteiger partial charge on any atom is -0.494 e. The molecule has 0 bridgehead atoms. The van der Waals surface area contributed by atoms with E-state index in [0.717, 1.165) is 18.4 Å². The number of nitro groups is 1. The smallest absolute Gasteiger partial charge is 0.271 e. The van der Waals surface area contributed by atoms with Gasteiger partial charge >= 0.3 is 0 Å². The van der Waals surface area contributed by atoms with E-state index in [1.54, 1.807) is 18.2 Å². The molecule has 0 saturated carbocycles. The van der Waals surface area contributed by atoms with Gasteiger partial charge in [0.15, 0.2) is 0 Å². The average Bonchev–Trinajstić information content (AvgIpc) is 3.06. The Morgan fingerprint density at radius 3 is 2.58 bits per heavy atom. The molecule has 8 heteroatoms. The first-order valence-corrected chi connectivity index (χ1v) is 9.90. The number of nitro benzene ring substituents is 1. The van der Waals surface area contributed by atoms with E-state index < -0.39 is 14.9 Å². The van der Waals surface area contributed by atoms with Crippen molar-refractivity contribution in [3.8, 4) is 5.75 Å². The Balaban J connectivity index is 1.86. The predicted octanol–water partition coefficient (Wildman–Crippen LogP) is 3.53. The molecule has 0 saturated heterocycles. The first-order chi connectivity index (χ1) is 12.4. The molecule has 0 atom stereocenters. The van der Waals surface area contributed by atoms with Gasteiger partial charge in [0.05, 0.1) is 22.1 Å². The Bertz CT molecular complexity index is 910. The summed E-state index contributed by atoms with van der Waals surface area (Å²) >= 11 is 0. The van der Waals surface area contributed by atoms with Crippen molar-refractivity contribution in [3.05, 3.63) is 58.1 Å². The molecule has 1 heterocycles. The summed E-state index contributed by atoms with van der Waals surface area (Å²) in [5.41, 5.74) is 1.05. The second-order valence-corrected chi connectivity index (χ2v) is 7.93. The number of benzene rings is 2. The van der Waals surface area contributed by atoms with Crippen molar-refractivity contribution in [1.82, 2.24) is 0 Å². The Morgan fingerprint density at radius 1 is 1.19 bits per heavy atom. The van der Waals surface area contributed by atoms with Gasteiger partial charge in [0.1, 0.15) is 5.75 Å². The van der Waals surface area contributed by atoms with Crippen LogP contribution in [0.1, 0.15) is 25.3 Å². The Kier molecular flexibility index (Phi) is 5.13. The molecule has 0 spiro atoms. The monoisotopic (exact) mass is 376 g/mol. The third kappa shape index (κ3) is 3.50. The maximum absolute atomic E-state index is 13.0. The number of anilines is 1. The molecule has 0 aromatic heterocycles. The van der Waals surface area contributed by atoms with E-state index in [1.165, 1.54) is 28.6 Å². The van der Waals surface area contributed by atoms with Crippen molar-refractivity contribution in [3.63, 3.8) is 0 Å². The van der Waals surface area contributed by atoms with Crippen LogP contribution in [0.5, 0.6) is 5.75 Å². The van der Waals surface area contributed by atoms with E-state index in [1.807, 2.05) is 0 Å². The summed E-state index contributed by atoms with van der Waals surface area (Å²) in [5, 5.41) is 11.0. The van der Waals surface area contributed by atoms with Crippen LogP contribution in [0.3, 0.4) is 0 Å². The molecule has 0 N–H and O–H groups in total. The molecule has 26 heavy (non-hydrogen) atoms. The van der Waals surface area contributed by atoms with E-state index in [2.05, 4.69) is 6.92 Å².